The van der Waals surface area contributed by atoms with Gasteiger partial charge in [-0.15, -0.1) is 0 Å². The molecule has 158 valence electrons. The Labute approximate surface area is 173 Å². The molecule has 0 bridgehead atoms. The number of carbonyl (C=O) groups excluding carboxylic acids is 3. The molecule has 0 aromatic heterocycles. The largest absolute Gasteiger partial charge is 0.352 e. The molecule has 7 nitrogen and oxygen atoms in total. The van der Waals surface area contributed by atoms with Gasteiger partial charge in [0.15, 0.2) is 0 Å². The van der Waals surface area contributed by atoms with Crippen molar-refractivity contribution in [3.8, 4) is 0 Å². The Morgan fingerprint density at radius 3 is 2.24 bits per heavy atom. The number of hydrogen-bond acceptors (Lipinski definition) is 4. The highest BCUT2D eigenvalue weighted by Crippen LogP contribution is 2.39. The van der Waals surface area contributed by atoms with Crippen molar-refractivity contribution in [2.24, 2.45) is 5.92 Å². The molecule has 1 aromatic carbocycles. The van der Waals surface area contributed by atoms with Crippen LogP contribution in [-0.4, -0.2) is 65.4 Å². The molecule has 2 heterocycles. The zero-order valence-corrected chi connectivity index (χ0v) is 17.9. The molecule has 0 aliphatic carbocycles. The van der Waals surface area contributed by atoms with Gasteiger partial charge in [-0.3, -0.25) is 14.4 Å². The highest BCUT2D eigenvalue weighted by molar-refractivity contribution is 5.96. The van der Waals surface area contributed by atoms with Crippen LogP contribution in [0.4, 0.5) is 5.69 Å². The molecule has 2 aliphatic rings. The van der Waals surface area contributed by atoms with E-state index in [1.807, 2.05) is 62.9 Å². The van der Waals surface area contributed by atoms with Crippen molar-refractivity contribution in [2.75, 3.05) is 31.2 Å². The summed E-state index contributed by atoms with van der Waals surface area (Å²) in [5, 5.41) is 2.87. The van der Waals surface area contributed by atoms with Crippen molar-refractivity contribution in [1.82, 2.24) is 15.1 Å². The highest BCUT2D eigenvalue weighted by atomic mass is 16.2. The van der Waals surface area contributed by atoms with Gasteiger partial charge in [-0.05, 0) is 38.8 Å². The van der Waals surface area contributed by atoms with E-state index < -0.39 is 5.54 Å². The van der Waals surface area contributed by atoms with E-state index in [-0.39, 0.29) is 36.2 Å². The zero-order chi connectivity index (χ0) is 21.2. The minimum atomic E-state index is -0.701. The van der Waals surface area contributed by atoms with Gasteiger partial charge in [-0.1, -0.05) is 32.0 Å². The third-order valence-corrected chi connectivity index (χ3v) is 5.76. The van der Waals surface area contributed by atoms with Crippen LogP contribution in [0.1, 0.15) is 40.5 Å². The average molecular weight is 401 g/mol. The quantitative estimate of drug-likeness (QED) is 0.819. The second kappa shape index (κ2) is 8.43. The summed E-state index contributed by atoms with van der Waals surface area (Å²) in [6, 6.07) is 9.89. The van der Waals surface area contributed by atoms with Gasteiger partial charge in [-0.2, -0.15) is 0 Å². The molecule has 1 spiro atoms. The van der Waals surface area contributed by atoms with Crippen molar-refractivity contribution >= 4 is 23.4 Å². The number of benzene rings is 1. The topological polar surface area (TPSA) is 73.0 Å². The van der Waals surface area contributed by atoms with Crippen LogP contribution in [0.3, 0.4) is 0 Å². The van der Waals surface area contributed by atoms with E-state index in [4.69, 9.17) is 0 Å². The molecule has 0 atom stereocenters. The molecule has 29 heavy (non-hydrogen) atoms. The molecular weight excluding hydrogens is 368 g/mol. The van der Waals surface area contributed by atoms with Crippen LogP contribution in [0.5, 0.6) is 0 Å². The van der Waals surface area contributed by atoms with Crippen LogP contribution in [0.15, 0.2) is 30.3 Å². The van der Waals surface area contributed by atoms with E-state index in [9.17, 15) is 14.4 Å². The van der Waals surface area contributed by atoms with Crippen LogP contribution in [-0.2, 0) is 14.4 Å². The van der Waals surface area contributed by atoms with E-state index in [0.717, 1.165) is 5.69 Å². The Kier molecular flexibility index (Phi) is 6.15. The standard InChI is InChI=1S/C22H32N4O3/c1-16(2)20(28)24-12-10-22(11-13-24)21(29)25(14-19(27)23-17(3)4)15-26(22)18-8-6-5-7-9-18/h5-9,16-17H,10-15H2,1-4H3,(H,23,27). The SMILES string of the molecule is CC(C)NC(=O)CN1CN(c2ccccc2)C2(CCN(C(=O)C(C)C)CC2)C1=O. The summed E-state index contributed by atoms with van der Waals surface area (Å²) in [6.45, 7) is 9.16. The molecule has 7 heteroatoms. The van der Waals surface area contributed by atoms with Crippen LogP contribution < -0.4 is 10.2 Å². The van der Waals surface area contributed by atoms with Gasteiger partial charge in [0.25, 0.3) is 5.91 Å². The van der Waals surface area contributed by atoms with E-state index >= 15 is 0 Å². The van der Waals surface area contributed by atoms with Crippen LogP contribution in [0.2, 0.25) is 0 Å². The number of carbonyl (C=O) groups is 3. The number of nitrogens with zero attached hydrogens (tertiary/aromatic N) is 3. The monoisotopic (exact) mass is 400 g/mol. The van der Waals surface area contributed by atoms with Gasteiger partial charge in [0.2, 0.25) is 11.8 Å². The first-order valence-electron chi connectivity index (χ1n) is 10.4. The van der Waals surface area contributed by atoms with Crippen molar-refractivity contribution in [3.63, 3.8) is 0 Å². The van der Waals surface area contributed by atoms with Gasteiger partial charge in [0.05, 0.1) is 6.67 Å². The maximum Gasteiger partial charge on any atom is 0.250 e. The van der Waals surface area contributed by atoms with Gasteiger partial charge < -0.3 is 20.0 Å². The molecule has 0 radical (unpaired) electrons. The zero-order valence-electron chi connectivity index (χ0n) is 17.9. The minimum Gasteiger partial charge on any atom is -0.352 e. The lowest BCUT2D eigenvalue weighted by molar-refractivity contribution is -0.141. The van der Waals surface area contributed by atoms with Gasteiger partial charge >= 0.3 is 0 Å². The van der Waals surface area contributed by atoms with E-state index in [1.165, 1.54) is 0 Å². The number of rotatable bonds is 5. The van der Waals surface area contributed by atoms with Crippen LogP contribution in [0.25, 0.3) is 0 Å². The number of piperidine rings is 1. The summed E-state index contributed by atoms with van der Waals surface area (Å²) < 4.78 is 0. The third-order valence-electron chi connectivity index (χ3n) is 5.76. The summed E-state index contributed by atoms with van der Waals surface area (Å²) >= 11 is 0. The lowest BCUT2D eigenvalue weighted by Gasteiger charge is -2.43. The van der Waals surface area contributed by atoms with E-state index in [0.29, 0.717) is 32.6 Å². The van der Waals surface area contributed by atoms with Crippen molar-refractivity contribution in [3.05, 3.63) is 30.3 Å². The Morgan fingerprint density at radius 1 is 1.07 bits per heavy atom. The molecule has 3 rings (SSSR count). The summed E-state index contributed by atoms with van der Waals surface area (Å²) in [4.78, 5) is 43.8. The minimum absolute atomic E-state index is 0.0168. The normalized spacial score (nSPS) is 18.8. The molecule has 0 saturated carbocycles. The predicted octanol–water partition coefficient (Wildman–Crippen LogP) is 1.83. The van der Waals surface area contributed by atoms with E-state index in [2.05, 4.69) is 10.2 Å². The van der Waals surface area contributed by atoms with Gasteiger partial charge in [0.1, 0.15) is 12.1 Å². The molecule has 3 amide bonds. The maximum absolute atomic E-state index is 13.5. The smallest absolute Gasteiger partial charge is 0.250 e. The molecule has 1 N–H and O–H groups in total. The maximum atomic E-state index is 13.5. The number of nitrogens with one attached hydrogen (secondary N) is 1. The summed E-state index contributed by atoms with van der Waals surface area (Å²) in [5.74, 6) is -0.0859. The van der Waals surface area contributed by atoms with Gasteiger partial charge in [-0.25, -0.2) is 0 Å². The fourth-order valence-corrected chi connectivity index (χ4v) is 4.33. The Morgan fingerprint density at radius 2 is 1.69 bits per heavy atom. The van der Waals surface area contributed by atoms with Gasteiger partial charge in [0, 0.05) is 30.7 Å². The van der Waals surface area contributed by atoms with Crippen molar-refractivity contribution < 1.29 is 14.4 Å². The summed E-state index contributed by atoms with van der Waals surface area (Å²) in [5.41, 5.74) is 0.268. The Balaban J connectivity index is 1.83. The number of amides is 3. The Bertz CT molecular complexity index is 755. The summed E-state index contributed by atoms with van der Waals surface area (Å²) in [6.07, 6.45) is 1.14. The molecular formula is C22H32N4O3. The first-order chi connectivity index (χ1) is 13.7. The number of para-hydroxylation sites is 1. The highest BCUT2D eigenvalue weighted by Gasteiger charge is 2.54. The fourth-order valence-electron chi connectivity index (χ4n) is 4.33. The molecule has 2 saturated heterocycles. The van der Waals surface area contributed by atoms with Crippen molar-refractivity contribution in [2.45, 2.75) is 52.1 Å². The lowest BCUT2D eigenvalue weighted by Crippen LogP contribution is -2.58. The van der Waals surface area contributed by atoms with Crippen LogP contribution >= 0.6 is 0 Å². The third kappa shape index (κ3) is 4.23. The summed E-state index contributed by atoms with van der Waals surface area (Å²) in [7, 11) is 0. The van der Waals surface area contributed by atoms with Crippen molar-refractivity contribution in [1.29, 1.82) is 0 Å². The average Bonchev–Trinajstić information content (AvgIpc) is 2.94. The fraction of sp³-hybridized carbons (Fsp3) is 0.591. The van der Waals surface area contributed by atoms with Crippen LogP contribution in [0, 0.1) is 5.92 Å². The molecule has 2 aliphatic heterocycles. The Hall–Kier alpha value is -2.57. The number of hydrogen-bond donors (Lipinski definition) is 1. The first-order valence-corrected chi connectivity index (χ1v) is 10.4. The first kappa shape index (κ1) is 21.1. The number of likely N-dealkylation sites (tertiary alicyclic amines) is 1. The number of anilines is 1. The second-order valence-electron chi connectivity index (χ2n) is 8.64. The molecule has 1 aromatic rings. The lowest BCUT2D eigenvalue weighted by atomic mass is 9.85. The second-order valence-corrected chi connectivity index (χ2v) is 8.64. The predicted molar refractivity (Wildman–Crippen MR) is 112 cm³/mol. The molecule has 0 unspecified atom stereocenters. The van der Waals surface area contributed by atoms with E-state index in [1.54, 1.807) is 4.90 Å². The molecule has 2 fully saturated rings.